The third-order valence-corrected chi connectivity index (χ3v) is 4.30. The van der Waals surface area contributed by atoms with Crippen molar-refractivity contribution >= 4 is 21.7 Å². The van der Waals surface area contributed by atoms with Gasteiger partial charge >= 0.3 is 6.03 Å². The van der Waals surface area contributed by atoms with E-state index < -0.39 is 16.1 Å². The van der Waals surface area contributed by atoms with Crippen molar-refractivity contribution in [2.24, 2.45) is 0 Å². The van der Waals surface area contributed by atoms with Crippen molar-refractivity contribution < 1.29 is 22.7 Å². The molecule has 21 heavy (non-hydrogen) atoms. The molecule has 1 saturated carbocycles. The average Bonchev–Trinajstić information content (AvgIpc) is 3.21. The third kappa shape index (κ3) is 3.48. The lowest BCUT2D eigenvalue weighted by atomic mass is 10.3. The Balaban J connectivity index is 2.29. The van der Waals surface area contributed by atoms with Gasteiger partial charge in [-0.1, -0.05) is 0 Å². The van der Waals surface area contributed by atoms with Gasteiger partial charge in [0.05, 0.1) is 19.9 Å². The fourth-order valence-electron chi connectivity index (χ4n) is 1.72. The molecule has 2 rings (SSSR count). The highest BCUT2D eigenvalue weighted by Gasteiger charge is 2.28. The number of benzene rings is 1. The Bertz CT molecular complexity index is 655. The van der Waals surface area contributed by atoms with Gasteiger partial charge in [0.2, 0.25) is 0 Å². The van der Waals surface area contributed by atoms with Gasteiger partial charge < -0.3 is 20.5 Å². The summed E-state index contributed by atoms with van der Waals surface area (Å²) in [6.07, 6.45) is 1.71. The molecule has 0 unspecified atom stereocenters. The molecule has 0 aliphatic heterocycles. The normalized spacial score (nSPS) is 14.4. The molecule has 1 aliphatic carbocycles. The number of methoxy groups -OCH3 is 2. The summed E-state index contributed by atoms with van der Waals surface area (Å²) in [7, 11) is -1.37. The van der Waals surface area contributed by atoms with E-state index in [1.165, 1.54) is 26.4 Å². The predicted octanol–water partition coefficient (Wildman–Crippen LogP) is 0.436. The second-order valence-electron chi connectivity index (χ2n) is 4.60. The molecule has 0 radical (unpaired) electrons. The van der Waals surface area contributed by atoms with Crippen molar-refractivity contribution in [1.29, 1.82) is 0 Å². The second-order valence-corrected chi connectivity index (χ2v) is 6.25. The number of hydrogen-bond donors (Lipinski definition) is 3. The van der Waals surface area contributed by atoms with Crippen LogP contribution in [-0.2, 0) is 10.0 Å². The molecule has 1 aromatic carbocycles. The van der Waals surface area contributed by atoms with Crippen LogP contribution in [0.1, 0.15) is 12.8 Å². The first-order chi connectivity index (χ1) is 9.87. The number of nitrogens with one attached hydrogen (secondary N) is 2. The van der Waals surface area contributed by atoms with Crippen LogP contribution in [0.5, 0.6) is 11.5 Å². The summed E-state index contributed by atoms with van der Waals surface area (Å²) < 4.78 is 36.4. The third-order valence-electron chi connectivity index (χ3n) is 2.95. The molecule has 1 fully saturated rings. The number of hydrogen-bond acceptors (Lipinski definition) is 6. The second kappa shape index (κ2) is 5.68. The van der Waals surface area contributed by atoms with E-state index in [1.54, 1.807) is 0 Å². The quantitative estimate of drug-likeness (QED) is 0.678. The monoisotopic (exact) mass is 315 g/mol. The molecule has 4 N–H and O–H groups in total. The smallest absolute Gasteiger partial charge is 0.328 e. The predicted molar refractivity (Wildman–Crippen MR) is 75.8 cm³/mol. The number of nitrogens with two attached hydrogens (primary N) is 1. The molecule has 1 aromatic rings. The first-order valence-corrected chi connectivity index (χ1v) is 7.70. The zero-order valence-corrected chi connectivity index (χ0v) is 12.5. The van der Waals surface area contributed by atoms with E-state index in [2.05, 4.69) is 5.32 Å². The van der Waals surface area contributed by atoms with E-state index in [-0.39, 0.29) is 28.1 Å². The van der Waals surface area contributed by atoms with Crippen molar-refractivity contribution in [2.75, 3.05) is 20.0 Å². The van der Waals surface area contributed by atoms with Crippen LogP contribution in [0.25, 0.3) is 0 Å². The SMILES string of the molecule is COc1cc(OC)c(S(=O)(=O)NC(=O)NC2CC2)cc1N. The highest BCUT2D eigenvalue weighted by Crippen LogP contribution is 2.33. The van der Waals surface area contributed by atoms with Crippen LogP contribution in [0.3, 0.4) is 0 Å². The number of amides is 2. The Morgan fingerprint density at radius 1 is 1.24 bits per heavy atom. The molecule has 0 heterocycles. The van der Waals surface area contributed by atoms with Crippen LogP contribution >= 0.6 is 0 Å². The summed E-state index contributed by atoms with van der Waals surface area (Å²) in [5, 5.41) is 2.53. The summed E-state index contributed by atoms with van der Waals surface area (Å²) in [4.78, 5) is 11.4. The average molecular weight is 315 g/mol. The van der Waals surface area contributed by atoms with E-state index in [4.69, 9.17) is 15.2 Å². The van der Waals surface area contributed by atoms with Gasteiger partial charge in [0.1, 0.15) is 16.4 Å². The fraction of sp³-hybridized carbons (Fsp3) is 0.417. The highest BCUT2D eigenvalue weighted by atomic mass is 32.2. The molecule has 0 atom stereocenters. The summed E-state index contributed by atoms with van der Waals surface area (Å²) >= 11 is 0. The molecule has 8 nitrogen and oxygen atoms in total. The number of nitrogen functional groups attached to an aromatic ring is 1. The van der Waals surface area contributed by atoms with Crippen LogP contribution < -0.4 is 25.2 Å². The molecule has 0 aromatic heterocycles. The Morgan fingerprint density at radius 3 is 2.38 bits per heavy atom. The molecule has 116 valence electrons. The lowest BCUT2D eigenvalue weighted by Gasteiger charge is -2.14. The number of carbonyl (C=O) groups is 1. The zero-order chi connectivity index (χ0) is 15.6. The Hall–Kier alpha value is -2.16. The number of anilines is 1. The van der Waals surface area contributed by atoms with Gasteiger partial charge in [-0.15, -0.1) is 0 Å². The maximum Gasteiger partial charge on any atom is 0.328 e. The van der Waals surface area contributed by atoms with Crippen molar-refractivity contribution in [3.8, 4) is 11.5 Å². The van der Waals surface area contributed by atoms with Gasteiger partial charge in [-0.25, -0.2) is 17.9 Å². The van der Waals surface area contributed by atoms with E-state index in [9.17, 15) is 13.2 Å². The van der Waals surface area contributed by atoms with Crippen molar-refractivity contribution in [3.05, 3.63) is 12.1 Å². The Morgan fingerprint density at radius 2 is 1.86 bits per heavy atom. The number of carbonyl (C=O) groups excluding carboxylic acids is 1. The Kier molecular flexibility index (Phi) is 4.12. The van der Waals surface area contributed by atoms with Gasteiger partial charge in [0, 0.05) is 12.1 Å². The van der Waals surface area contributed by atoms with Crippen LogP contribution in [0.15, 0.2) is 17.0 Å². The molecule has 0 bridgehead atoms. The first kappa shape index (κ1) is 15.2. The van der Waals surface area contributed by atoms with Gasteiger partial charge in [-0.2, -0.15) is 0 Å². The topological polar surface area (TPSA) is 120 Å². The van der Waals surface area contributed by atoms with Crippen LogP contribution in [0, 0.1) is 0 Å². The van der Waals surface area contributed by atoms with Gasteiger partial charge in [-0.3, -0.25) is 0 Å². The molecular formula is C12H17N3O5S. The largest absolute Gasteiger partial charge is 0.495 e. The minimum atomic E-state index is -4.09. The lowest BCUT2D eigenvalue weighted by molar-refractivity contribution is 0.245. The number of ether oxygens (including phenoxy) is 2. The van der Waals surface area contributed by atoms with E-state index in [1.807, 2.05) is 4.72 Å². The van der Waals surface area contributed by atoms with Crippen molar-refractivity contribution in [1.82, 2.24) is 10.0 Å². The first-order valence-electron chi connectivity index (χ1n) is 6.22. The molecule has 2 amide bonds. The number of rotatable bonds is 5. The van der Waals surface area contributed by atoms with Gasteiger partial charge in [0.15, 0.2) is 0 Å². The number of urea groups is 1. The van der Waals surface area contributed by atoms with Gasteiger partial charge in [-0.05, 0) is 18.9 Å². The minimum Gasteiger partial charge on any atom is -0.495 e. The molecule has 9 heteroatoms. The summed E-state index contributed by atoms with van der Waals surface area (Å²) in [6.45, 7) is 0. The van der Waals surface area contributed by atoms with E-state index in [0.29, 0.717) is 0 Å². The van der Waals surface area contributed by atoms with E-state index >= 15 is 0 Å². The molecule has 1 aliphatic rings. The summed E-state index contributed by atoms with van der Waals surface area (Å²) in [5.41, 5.74) is 5.83. The molecular weight excluding hydrogens is 298 g/mol. The van der Waals surface area contributed by atoms with Crippen molar-refractivity contribution in [3.63, 3.8) is 0 Å². The van der Waals surface area contributed by atoms with Crippen LogP contribution in [0.4, 0.5) is 10.5 Å². The maximum atomic E-state index is 12.2. The maximum absolute atomic E-state index is 12.2. The molecule has 0 saturated heterocycles. The zero-order valence-electron chi connectivity index (χ0n) is 11.7. The Labute approximate surface area is 122 Å². The lowest BCUT2D eigenvalue weighted by Crippen LogP contribution is -2.40. The summed E-state index contributed by atoms with van der Waals surface area (Å²) in [5.74, 6) is 0.320. The number of sulfonamides is 1. The highest BCUT2D eigenvalue weighted by molar-refractivity contribution is 7.90. The fourth-order valence-corrected chi connectivity index (χ4v) is 2.83. The molecule has 0 spiro atoms. The van der Waals surface area contributed by atoms with Gasteiger partial charge in [0.25, 0.3) is 10.0 Å². The van der Waals surface area contributed by atoms with E-state index in [0.717, 1.165) is 12.8 Å². The summed E-state index contributed by atoms with van der Waals surface area (Å²) in [6, 6.07) is 1.81. The van der Waals surface area contributed by atoms with Crippen LogP contribution in [0.2, 0.25) is 0 Å². The van der Waals surface area contributed by atoms with Crippen LogP contribution in [-0.4, -0.2) is 34.7 Å². The van der Waals surface area contributed by atoms with Crippen molar-refractivity contribution in [2.45, 2.75) is 23.8 Å². The standard InChI is InChI=1S/C12H17N3O5S/c1-19-9-6-10(20-2)11(5-8(9)13)21(17,18)15-12(16)14-7-3-4-7/h5-7H,3-4,13H2,1-2H3,(H2,14,15,16). The minimum absolute atomic E-state index is 0.0350.